The van der Waals surface area contributed by atoms with E-state index in [1.807, 2.05) is 12.2 Å². The summed E-state index contributed by atoms with van der Waals surface area (Å²) in [4.78, 5) is 24.0. The number of anilines is 1. The van der Waals surface area contributed by atoms with Crippen molar-refractivity contribution in [2.24, 2.45) is 11.3 Å². The number of carbonyl (C=O) groups is 2. The molecule has 2 atom stereocenters. The minimum atomic E-state index is -1.08. The lowest BCUT2D eigenvalue weighted by Crippen LogP contribution is -2.43. The first-order valence-corrected chi connectivity index (χ1v) is 6.81. The number of rotatable bonds is 4. The summed E-state index contributed by atoms with van der Waals surface area (Å²) in [5.41, 5.74) is -0.534. The van der Waals surface area contributed by atoms with Gasteiger partial charge in [0, 0.05) is 0 Å². The molecule has 112 valence electrons. The van der Waals surface area contributed by atoms with Crippen LogP contribution in [0.3, 0.4) is 0 Å². The monoisotopic (exact) mass is 289 g/mol. The van der Waals surface area contributed by atoms with Crippen molar-refractivity contribution in [3.63, 3.8) is 0 Å². The van der Waals surface area contributed by atoms with Crippen molar-refractivity contribution in [1.29, 1.82) is 0 Å². The number of carbonyl (C=O) groups excluding carboxylic acids is 1. The maximum Gasteiger partial charge on any atom is 0.310 e. The summed E-state index contributed by atoms with van der Waals surface area (Å²) in [6.07, 6.45) is 4.45. The number of amides is 1. The number of carboxylic acids is 1. The van der Waals surface area contributed by atoms with Gasteiger partial charge in [-0.1, -0.05) is 24.3 Å². The molecule has 1 amide bonds. The molecular formula is C16H19NO4. The summed E-state index contributed by atoms with van der Waals surface area (Å²) < 4.78 is 5.19. The maximum absolute atomic E-state index is 12.5. The Morgan fingerprint density at radius 3 is 2.71 bits per heavy atom. The van der Waals surface area contributed by atoms with Gasteiger partial charge < -0.3 is 15.2 Å². The molecule has 0 fully saturated rings. The van der Waals surface area contributed by atoms with Gasteiger partial charge in [-0.3, -0.25) is 9.59 Å². The van der Waals surface area contributed by atoms with E-state index in [-0.39, 0.29) is 5.91 Å². The molecule has 5 nitrogen and oxygen atoms in total. The molecule has 0 bridgehead atoms. The predicted octanol–water partition coefficient (Wildman–Crippen LogP) is 2.69. The fourth-order valence-corrected chi connectivity index (χ4v) is 2.56. The highest BCUT2D eigenvalue weighted by Crippen LogP contribution is 2.39. The van der Waals surface area contributed by atoms with Crippen LogP contribution in [0.15, 0.2) is 36.4 Å². The van der Waals surface area contributed by atoms with Crippen LogP contribution in [0, 0.1) is 11.3 Å². The smallest absolute Gasteiger partial charge is 0.310 e. The molecule has 1 aliphatic rings. The summed E-state index contributed by atoms with van der Waals surface area (Å²) in [5.74, 6) is -1.31. The van der Waals surface area contributed by atoms with Crippen molar-refractivity contribution in [2.75, 3.05) is 12.4 Å². The third-order valence-corrected chi connectivity index (χ3v) is 4.02. The van der Waals surface area contributed by atoms with Crippen LogP contribution in [0.1, 0.15) is 19.8 Å². The molecule has 0 aromatic heterocycles. The van der Waals surface area contributed by atoms with Crippen LogP contribution in [-0.4, -0.2) is 24.1 Å². The number of allylic oxidation sites excluding steroid dienone is 2. The van der Waals surface area contributed by atoms with Crippen molar-refractivity contribution in [3.8, 4) is 5.75 Å². The lowest BCUT2D eigenvalue weighted by molar-refractivity contribution is -0.154. The molecule has 0 saturated carbocycles. The third-order valence-electron chi connectivity index (χ3n) is 4.02. The van der Waals surface area contributed by atoms with Gasteiger partial charge in [0.1, 0.15) is 5.75 Å². The zero-order valence-corrected chi connectivity index (χ0v) is 12.1. The van der Waals surface area contributed by atoms with Crippen molar-refractivity contribution in [3.05, 3.63) is 36.4 Å². The molecule has 0 saturated heterocycles. The highest BCUT2D eigenvalue weighted by atomic mass is 16.5. The van der Waals surface area contributed by atoms with E-state index in [2.05, 4.69) is 5.32 Å². The second-order valence-corrected chi connectivity index (χ2v) is 5.38. The Hall–Kier alpha value is -2.30. The minimum Gasteiger partial charge on any atom is -0.495 e. The molecule has 0 spiro atoms. The number of carboxylic acid groups (broad SMARTS) is 1. The molecule has 0 radical (unpaired) electrons. The zero-order chi connectivity index (χ0) is 15.5. The Bertz CT molecular complexity index is 581. The number of para-hydroxylation sites is 2. The summed E-state index contributed by atoms with van der Waals surface area (Å²) in [6.45, 7) is 1.62. The Morgan fingerprint density at radius 2 is 2.05 bits per heavy atom. The van der Waals surface area contributed by atoms with Crippen LogP contribution in [0.2, 0.25) is 0 Å². The maximum atomic E-state index is 12.5. The summed E-state index contributed by atoms with van der Waals surface area (Å²) >= 11 is 0. The fraction of sp³-hybridized carbons (Fsp3) is 0.375. The SMILES string of the molecule is COc1ccccc1NC(=O)[C@@H]1CC=CC[C@]1(C)C(=O)O. The van der Waals surface area contributed by atoms with Gasteiger partial charge >= 0.3 is 5.97 Å². The standard InChI is InChI=1S/C16H19NO4/c1-16(15(19)20)10-6-5-7-11(16)14(18)17-12-8-3-4-9-13(12)21-2/h3-6,8-9,11H,7,10H2,1-2H3,(H,17,18)(H,19,20)/t11-,16-/m0/s1. The first-order valence-electron chi connectivity index (χ1n) is 6.81. The molecule has 2 N–H and O–H groups in total. The quantitative estimate of drug-likeness (QED) is 0.836. The van der Waals surface area contributed by atoms with E-state index in [9.17, 15) is 14.7 Å². The molecular weight excluding hydrogens is 270 g/mol. The van der Waals surface area contributed by atoms with E-state index in [0.717, 1.165) is 0 Å². The van der Waals surface area contributed by atoms with Crippen LogP contribution in [-0.2, 0) is 9.59 Å². The number of benzene rings is 1. The van der Waals surface area contributed by atoms with Gasteiger partial charge in [-0.2, -0.15) is 0 Å². The van der Waals surface area contributed by atoms with E-state index in [0.29, 0.717) is 24.3 Å². The van der Waals surface area contributed by atoms with E-state index in [4.69, 9.17) is 4.74 Å². The van der Waals surface area contributed by atoms with E-state index < -0.39 is 17.3 Å². The topological polar surface area (TPSA) is 75.6 Å². The van der Waals surface area contributed by atoms with Crippen molar-refractivity contribution in [1.82, 2.24) is 0 Å². The first kappa shape index (κ1) is 15.1. The molecule has 0 unspecified atom stereocenters. The molecule has 1 aliphatic carbocycles. The van der Waals surface area contributed by atoms with Gasteiger partial charge in [0.2, 0.25) is 5.91 Å². The van der Waals surface area contributed by atoms with Crippen LogP contribution in [0.5, 0.6) is 5.75 Å². The third kappa shape index (κ3) is 2.91. The average Bonchev–Trinajstić information content (AvgIpc) is 2.48. The van der Waals surface area contributed by atoms with Crippen LogP contribution < -0.4 is 10.1 Å². The molecule has 0 heterocycles. The van der Waals surface area contributed by atoms with Crippen LogP contribution in [0.4, 0.5) is 5.69 Å². The number of hydrogen-bond acceptors (Lipinski definition) is 3. The van der Waals surface area contributed by atoms with Gasteiger partial charge in [-0.15, -0.1) is 0 Å². The summed E-state index contributed by atoms with van der Waals surface area (Å²) in [7, 11) is 1.52. The molecule has 1 aromatic carbocycles. The van der Waals surface area contributed by atoms with E-state index >= 15 is 0 Å². The molecule has 2 rings (SSSR count). The minimum absolute atomic E-state index is 0.297. The summed E-state index contributed by atoms with van der Waals surface area (Å²) in [6, 6.07) is 7.06. The number of methoxy groups -OCH3 is 1. The van der Waals surface area contributed by atoms with E-state index in [1.54, 1.807) is 31.2 Å². The highest BCUT2D eigenvalue weighted by Gasteiger charge is 2.45. The predicted molar refractivity (Wildman–Crippen MR) is 79.2 cm³/mol. The molecule has 0 aliphatic heterocycles. The second-order valence-electron chi connectivity index (χ2n) is 5.38. The molecule has 21 heavy (non-hydrogen) atoms. The second kappa shape index (κ2) is 5.99. The van der Waals surface area contributed by atoms with Crippen molar-refractivity contribution < 1.29 is 19.4 Å². The van der Waals surface area contributed by atoms with Gasteiger partial charge in [-0.25, -0.2) is 0 Å². The lowest BCUT2D eigenvalue weighted by Gasteiger charge is -2.34. The molecule has 1 aromatic rings. The Balaban J connectivity index is 2.23. The fourth-order valence-electron chi connectivity index (χ4n) is 2.56. The number of aliphatic carboxylic acids is 1. The van der Waals surface area contributed by atoms with Crippen molar-refractivity contribution >= 4 is 17.6 Å². The van der Waals surface area contributed by atoms with Gasteiger partial charge in [0.15, 0.2) is 0 Å². The number of hydrogen-bond donors (Lipinski definition) is 2. The Kier molecular flexibility index (Phi) is 4.31. The Morgan fingerprint density at radius 1 is 1.33 bits per heavy atom. The van der Waals surface area contributed by atoms with E-state index in [1.165, 1.54) is 7.11 Å². The normalized spacial score (nSPS) is 24.4. The molecule has 5 heteroatoms. The van der Waals surface area contributed by atoms with Gasteiger partial charge in [0.05, 0.1) is 24.1 Å². The van der Waals surface area contributed by atoms with Gasteiger partial charge in [-0.05, 0) is 31.9 Å². The largest absolute Gasteiger partial charge is 0.495 e. The van der Waals surface area contributed by atoms with Crippen molar-refractivity contribution in [2.45, 2.75) is 19.8 Å². The number of nitrogens with one attached hydrogen (secondary N) is 1. The Labute approximate surface area is 123 Å². The average molecular weight is 289 g/mol. The lowest BCUT2D eigenvalue weighted by atomic mass is 9.69. The van der Waals surface area contributed by atoms with Gasteiger partial charge in [0.25, 0.3) is 0 Å². The highest BCUT2D eigenvalue weighted by molar-refractivity contribution is 5.97. The summed E-state index contributed by atoms with van der Waals surface area (Å²) in [5, 5.41) is 12.2. The first-order chi connectivity index (χ1) is 9.99. The van der Waals surface area contributed by atoms with Crippen LogP contribution >= 0.6 is 0 Å². The zero-order valence-electron chi connectivity index (χ0n) is 12.1. The number of ether oxygens (including phenoxy) is 1. The van der Waals surface area contributed by atoms with Crippen LogP contribution in [0.25, 0.3) is 0 Å².